The van der Waals surface area contributed by atoms with Crippen LogP contribution in [-0.4, -0.2) is 18.5 Å². The van der Waals surface area contributed by atoms with Crippen molar-refractivity contribution in [3.05, 3.63) is 0 Å². The van der Waals surface area contributed by atoms with Crippen LogP contribution in [0.2, 0.25) is 0 Å². The molecule has 0 bridgehead atoms. The molecule has 0 aliphatic rings. The Balaban J connectivity index is 3.56. The first-order chi connectivity index (χ1) is 4.48. The first-order valence-electron chi connectivity index (χ1n) is 3.58. The number of hydrogen-bond donors (Lipinski definition) is 0. The fourth-order valence-electron chi connectivity index (χ4n) is 0.415. The van der Waals surface area contributed by atoms with Gasteiger partial charge in [0.25, 0.3) is 0 Å². The first-order valence-corrected chi connectivity index (χ1v) is 3.58. The third-order valence-corrected chi connectivity index (χ3v) is 1.07. The molecule has 0 aromatic carbocycles. The fraction of sp³-hybridized carbons (Fsp3) is 0.875. The van der Waals surface area contributed by atoms with Crippen molar-refractivity contribution in [1.29, 1.82) is 0 Å². The number of ether oxygens (including phenoxy) is 1. The predicted molar refractivity (Wildman–Crippen MR) is 40.9 cm³/mol. The lowest BCUT2D eigenvalue weighted by Crippen LogP contribution is -2.27. The van der Waals surface area contributed by atoms with Gasteiger partial charge in [-0.3, -0.25) is 0 Å². The van der Waals surface area contributed by atoms with Crippen molar-refractivity contribution in [2.24, 2.45) is 5.92 Å². The summed E-state index contributed by atoms with van der Waals surface area (Å²) < 4.78 is 5.27. The van der Waals surface area contributed by atoms with Gasteiger partial charge >= 0.3 is 0 Å². The molecule has 2 nitrogen and oxygen atoms in total. The van der Waals surface area contributed by atoms with Gasteiger partial charge in [-0.2, -0.15) is 0 Å². The van der Waals surface area contributed by atoms with Crippen molar-refractivity contribution < 1.29 is 9.53 Å². The summed E-state index contributed by atoms with van der Waals surface area (Å²) in [4.78, 5) is 10.3. The van der Waals surface area contributed by atoms with Crippen LogP contribution in [0.4, 0.5) is 0 Å². The molecule has 0 saturated carbocycles. The minimum Gasteiger partial charge on any atom is -0.368 e. The second-order valence-electron chi connectivity index (χ2n) is 3.43. The van der Waals surface area contributed by atoms with Gasteiger partial charge < -0.3 is 9.53 Å². The van der Waals surface area contributed by atoms with E-state index in [1.165, 1.54) is 0 Å². The average Bonchev–Trinajstić information content (AvgIpc) is 1.85. The molecule has 0 aliphatic heterocycles. The third kappa shape index (κ3) is 4.50. The highest BCUT2D eigenvalue weighted by Crippen LogP contribution is 2.06. The molecule has 0 saturated heterocycles. The van der Waals surface area contributed by atoms with E-state index in [9.17, 15) is 4.79 Å². The van der Waals surface area contributed by atoms with E-state index in [4.69, 9.17) is 4.74 Å². The van der Waals surface area contributed by atoms with Crippen LogP contribution in [-0.2, 0) is 9.53 Å². The van der Waals surface area contributed by atoms with Crippen LogP contribution in [0.15, 0.2) is 0 Å². The molecular formula is C8H16O2. The van der Waals surface area contributed by atoms with Crippen molar-refractivity contribution >= 4 is 6.29 Å². The van der Waals surface area contributed by atoms with Crippen molar-refractivity contribution in [2.45, 2.75) is 33.3 Å². The lowest BCUT2D eigenvalue weighted by molar-refractivity contribution is -0.128. The molecule has 0 fully saturated rings. The molecule has 0 rings (SSSR count). The molecule has 0 radical (unpaired) electrons. The molecule has 0 amide bonds. The van der Waals surface area contributed by atoms with Gasteiger partial charge in [0.15, 0.2) is 6.29 Å². The lowest BCUT2D eigenvalue weighted by atomic mass is 10.1. The van der Waals surface area contributed by atoms with Gasteiger partial charge in [0.1, 0.15) is 5.60 Å². The van der Waals surface area contributed by atoms with Crippen molar-refractivity contribution in [3.8, 4) is 0 Å². The van der Waals surface area contributed by atoms with E-state index in [0.717, 1.165) is 6.29 Å². The smallest absolute Gasteiger partial charge is 0.151 e. The van der Waals surface area contributed by atoms with Crippen LogP contribution in [0.5, 0.6) is 0 Å². The van der Waals surface area contributed by atoms with Gasteiger partial charge in [0, 0.05) is 0 Å². The molecule has 0 atom stereocenters. The summed E-state index contributed by atoms with van der Waals surface area (Å²) in [6.07, 6.45) is 0.829. The Labute approximate surface area is 62.6 Å². The van der Waals surface area contributed by atoms with E-state index < -0.39 is 5.60 Å². The van der Waals surface area contributed by atoms with E-state index >= 15 is 0 Å². The topological polar surface area (TPSA) is 26.3 Å². The van der Waals surface area contributed by atoms with Gasteiger partial charge in [0.05, 0.1) is 6.61 Å². The normalized spacial score (nSPS) is 12.1. The highest BCUT2D eigenvalue weighted by molar-refractivity contribution is 5.60. The number of aldehydes is 1. The standard InChI is InChI=1S/C8H16O2/c1-7(2)5-10-8(3,4)6-9/h6-7H,5H2,1-4H3. The average molecular weight is 144 g/mol. The summed E-state index contributed by atoms with van der Waals surface area (Å²) in [5, 5.41) is 0. The molecule has 10 heavy (non-hydrogen) atoms. The SMILES string of the molecule is CC(C)COC(C)(C)C=O. The van der Waals surface area contributed by atoms with E-state index in [-0.39, 0.29) is 0 Å². The van der Waals surface area contributed by atoms with Gasteiger partial charge in [-0.25, -0.2) is 0 Å². The maximum atomic E-state index is 10.3. The summed E-state index contributed by atoms with van der Waals surface area (Å²) in [7, 11) is 0. The lowest BCUT2D eigenvalue weighted by Gasteiger charge is -2.19. The highest BCUT2D eigenvalue weighted by Gasteiger charge is 2.16. The molecule has 0 spiro atoms. The van der Waals surface area contributed by atoms with E-state index in [1.807, 2.05) is 0 Å². The Morgan fingerprint density at radius 3 is 2.30 bits per heavy atom. The fourth-order valence-corrected chi connectivity index (χ4v) is 0.415. The number of carbonyl (C=O) groups is 1. The van der Waals surface area contributed by atoms with Crippen LogP contribution in [0.3, 0.4) is 0 Å². The quantitative estimate of drug-likeness (QED) is 0.561. The molecule has 2 heteroatoms. The minimum atomic E-state index is -0.607. The molecule has 0 aromatic rings. The third-order valence-electron chi connectivity index (χ3n) is 1.07. The van der Waals surface area contributed by atoms with Gasteiger partial charge in [-0.05, 0) is 19.8 Å². The molecule has 60 valence electrons. The summed E-state index contributed by atoms with van der Waals surface area (Å²) in [5.74, 6) is 0.485. The molecule has 0 unspecified atom stereocenters. The van der Waals surface area contributed by atoms with Crippen LogP contribution >= 0.6 is 0 Å². The Hall–Kier alpha value is -0.370. The minimum absolute atomic E-state index is 0.485. The summed E-state index contributed by atoms with van der Waals surface area (Å²) in [6, 6.07) is 0. The maximum Gasteiger partial charge on any atom is 0.151 e. The molecule has 0 heterocycles. The summed E-state index contributed by atoms with van der Waals surface area (Å²) in [6.45, 7) is 8.29. The predicted octanol–water partition coefficient (Wildman–Crippen LogP) is 1.64. The largest absolute Gasteiger partial charge is 0.368 e. The molecule has 0 N–H and O–H groups in total. The number of hydrogen-bond acceptors (Lipinski definition) is 2. The van der Waals surface area contributed by atoms with Crippen LogP contribution in [0.1, 0.15) is 27.7 Å². The van der Waals surface area contributed by atoms with Crippen LogP contribution in [0.25, 0.3) is 0 Å². The zero-order valence-electron chi connectivity index (χ0n) is 7.18. The van der Waals surface area contributed by atoms with Crippen LogP contribution < -0.4 is 0 Å². The summed E-state index contributed by atoms with van der Waals surface area (Å²) >= 11 is 0. The Kier molecular flexibility index (Phi) is 3.58. The van der Waals surface area contributed by atoms with E-state index in [2.05, 4.69) is 13.8 Å². The number of carbonyl (C=O) groups excluding carboxylic acids is 1. The Morgan fingerprint density at radius 1 is 1.50 bits per heavy atom. The first kappa shape index (κ1) is 9.63. The van der Waals surface area contributed by atoms with E-state index in [1.54, 1.807) is 13.8 Å². The molecule has 0 aliphatic carbocycles. The maximum absolute atomic E-state index is 10.3. The molecule has 0 aromatic heterocycles. The second kappa shape index (κ2) is 3.71. The van der Waals surface area contributed by atoms with Crippen LogP contribution in [0, 0.1) is 5.92 Å². The summed E-state index contributed by atoms with van der Waals surface area (Å²) in [5.41, 5.74) is -0.607. The molecular weight excluding hydrogens is 128 g/mol. The van der Waals surface area contributed by atoms with Gasteiger partial charge in [-0.1, -0.05) is 13.8 Å². The van der Waals surface area contributed by atoms with Gasteiger partial charge in [0.2, 0.25) is 0 Å². The van der Waals surface area contributed by atoms with E-state index in [0.29, 0.717) is 12.5 Å². The van der Waals surface area contributed by atoms with Crippen molar-refractivity contribution in [2.75, 3.05) is 6.61 Å². The zero-order chi connectivity index (χ0) is 8.20. The van der Waals surface area contributed by atoms with Crippen molar-refractivity contribution in [1.82, 2.24) is 0 Å². The Bertz CT molecular complexity index is 106. The van der Waals surface area contributed by atoms with Gasteiger partial charge in [-0.15, -0.1) is 0 Å². The number of rotatable bonds is 4. The zero-order valence-corrected chi connectivity index (χ0v) is 7.18. The van der Waals surface area contributed by atoms with Crippen molar-refractivity contribution in [3.63, 3.8) is 0 Å². The monoisotopic (exact) mass is 144 g/mol. The highest BCUT2D eigenvalue weighted by atomic mass is 16.5. The second-order valence-corrected chi connectivity index (χ2v) is 3.43. The Morgan fingerprint density at radius 2 is 2.00 bits per heavy atom.